The van der Waals surface area contributed by atoms with Crippen LogP contribution in [0.2, 0.25) is 0 Å². The summed E-state index contributed by atoms with van der Waals surface area (Å²) in [6.45, 7) is 8.20. The number of nitrogens with one attached hydrogen (secondary N) is 4. The zero-order valence-corrected chi connectivity index (χ0v) is 18.8. The molecule has 0 unspecified atom stereocenters. The third kappa shape index (κ3) is 7.50. The molecule has 2 rings (SSSR count). The summed E-state index contributed by atoms with van der Waals surface area (Å²) in [5.41, 5.74) is 7.89. The Hall–Kier alpha value is -3.75. The lowest BCUT2D eigenvalue weighted by Crippen LogP contribution is -2.48. The zero-order valence-electron chi connectivity index (χ0n) is 18.8. The van der Waals surface area contributed by atoms with Crippen molar-refractivity contribution in [2.24, 2.45) is 0 Å². The molecular weight excluding hydrogens is 412 g/mol. The van der Waals surface area contributed by atoms with Gasteiger partial charge in [0.05, 0.1) is 26.3 Å². The van der Waals surface area contributed by atoms with E-state index < -0.39 is 17.7 Å². The van der Waals surface area contributed by atoms with Gasteiger partial charge in [0, 0.05) is 11.3 Å². The molecule has 4 N–H and O–H groups in total. The predicted octanol–water partition coefficient (Wildman–Crippen LogP) is 2.09. The number of aryl methyl sites for hydroxylation is 2. The van der Waals surface area contributed by atoms with Crippen molar-refractivity contribution < 1.29 is 23.9 Å². The van der Waals surface area contributed by atoms with Gasteiger partial charge in [0.2, 0.25) is 0 Å². The van der Waals surface area contributed by atoms with Gasteiger partial charge in [-0.05, 0) is 57.5 Å². The average Bonchev–Trinajstić information content (AvgIpc) is 2.77. The van der Waals surface area contributed by atoms with E-state index in [0.29, 0.717) is 30.3 Å². The molecule has 0 heterocycles. The lowest BCUT2D eigenvalue weighted by molar-refractivity contribution is -0.127. The monoisotopic (exact) mass is 442 g/mol. The van der Waals surface area contributed by atoms with Gasteiger partial charge in [-0.1, -0.05) is 17.7 Å². The van der Waals surface area contributed by atoms with E-state index in [-0.39, 0.29) is 13.1 Å². The molecule has 0 atom stereocenters. The van der Waals surface area contributed by atoms with Crippen molar-refractivity contribution in [1.29, 1.82) is 0 Å². The molecule has 0 saturated carbocycles. The first kappa shape index (κ1) is 24.5. The molecule has 0 aliphatic carbocycles. The van der Waals surface area contributed by atoms with Gasteiger partial charge < -0.3 is 20.1 Å². The lowest BCUT2D eigenvalue weighted by atomic mass is 10.1. The van der Waals surface area contributed by atoms with Gasteiger partial charge in [-0.2, -0.15) is 0 Å². The Morgan fingerprint density at radius 3 is 2.12 bits per heavy atom. The van der Waals surface area contributed by atoms with Gasteiger partial charge in [0.15, 0.2) is 11.5 Å². The van der Waals surface area contributed by atoms with E-state index in [1.54, 1.807) is 18.2 Å². The number of hydrazine groups is 1. The third-order valence-corrected chi connectivity index (χ3v) is 4.38. The molecule has 0 aliphatic heterocycles. The first-order valence-electron chi connectivity index (χ1n) is 10.4. The number of amides is 3. The van der Waals surface area contributed by atoms with E-state index in [1.807, 2.05) is 45.9 Å². The predicted molar refractivity (Wildman–Crippen MR) is 122 cm³/mol. The summed E-state index contributed by atoms with van der Waals surface area (Å²) in [7, 11) is 0. The summed E-state index contributed by atoms with van der Waals surface area (Å²) in [4.78, 5) is 36.2. The van der Waals surface area contributed by atoms with Crippen LogP contribution in [0.3, 0.4) is 0 Å². The Labute approximate surface area is 187 Å². The number of ether oxygens (including phenoxy) is 2. The van der Waals surface area contributed by atoms with E-state index in [9.17, 15) is 14.4 Å². The van der Waals surface area contributed by atoms with Gasteiger partial charge in [-0.25, -0.2) is 0 Å². The minimum absolute atomic E-state index is 0.0110. The van der Waals surface area contributed by atoms with E-state index in [4.69, 9.17) is 9.47 Å². The Morgan fingerprint density at radius 2 is 1.47 bits per heavy atom. The van der Waals surface area contributed by atoms with E-state index in [0.717, 1.165) is 16.8 Å². The number of benzene rings is 2. The first-order chi connectivity index (χ1) is 15.3. The lowest BCUT2D eigenvalue weighted by Gasteiger charge is -2.13. The standard InChI is InChI=1S/C23H30N4O5/c1-5-31-19-10-8-17(12-20(19)32-6-2)23(30)25-14-22(29)27-26-21(28)13-24-18-9-7-15(3)11-16(18)4/h7-12,24H,5-6,13-14H2,1-4H3,(H,25,30)(H,26,28)(H,27,29). The van der Waals surface area contributed by atoms with Gasteiger partial charge in [-0.3, -0.25) is 25.2 Å². The van der Waals surface area contributed by atoms with Crippen LogP contribution in [-0.4, -0.2) is 44.0 Å². The largest absolute Gasteiger partial charge is 0.490 e. The van der Waals surface area contributed by atoms with Crippen molar-refractivity contribution in [3.8, 4) is 11.5 Å². The van der Waals surface area contributed by atoms with Gasteiger partial charge >= 0.3 is 0 Å². The van der Waals surface area contributed by atoms with Crippen molar-refractivity contribution in [1.82, 2.24) is 16.2 Å². The van der Waals surface area contributed by atoms with Gasteiger partial charge in [0.25, 0.3) is 17.7 Å². The van der Waals surface area contributed by atoms with Crippen LogP contribution < -0.4 is 31.0 Å². The zero-order chi connectivity index (χ0) is 23.5. The fraction of sp³-hybridized carbons (Fsp3) is 0.348. The minimum Gasteiger partial charge on any atom is -0.490 e. The second-order valence-corrected chi connectivity index (χ2v) is 6.98. The molecule has 3 amide bonds. The summed E-state index contributed by atoms with van der Waals surface area (Å²) in [5.74, 6) is -0.436. The number of rotatable bonds is 10. The molecule has 0 aromatic heterocycles. The van der Waals surface area contributed by atoms with E-state index in [2.05, 4.69) is 21.5 Å². The first-order valence-corrected chi connectivity index (χ1v) is 10.4. The molecule has 9 heteroatoms. The smallest absolute Gasteiger partial charge is 0.257 e. The molecule has 0 fully saturated rings. The third-order valence-electron chi connectivity index (χ3n) is 4.38. The highest BCUT2D eigenvalue weighted by molar-refractivity contribution is 5.97. The van der Waals surface area contributed by atoms with Crippen LogP contribution in [0.1, 0.15) is 35.3 Å². The van der Waals surface area contributed by atoms with Crippen LogP contribution in [0.4, 0.5) is 5.69 Å². The second kappa shape index (κ2) is 12.2. The number of carbonyl (C=O) groups is 3. The number of hydrogen-bond donors (Lipinski definition) is 4. The van der Waals surface area contributed by atoms with Crippen LogP contribution in [0.5, 0.6) is 11.5 Å². The van der Waals surface area contributed by atoms with Gasteiger partial charge in [-0.15, -0.1) is 0 Å². The Balaban J connectivity index is 1.78. The topological polar surface area (TPSA) is 118 Å². The molecule has 9 nitrogen and oxygen atoms in total. The normalized spacial score (nSPS) is 10.1. The van der Waals surface area contributed by atoms with Crippen LogP contribution in [0.15, 0.2) is 36.4 Å². The fourth-order valence-electron chi connectivity index (χ4n) is 2.87. The molecule has 0 bridgehead atoms. The average molecular weight is 443 g/mol. The van der Waals surface area contributed by atoms with Crippen molar-refractivity contribution >= 4 is 23.4 Å². The number of hydrogen-bond acceptors (Lipinski definition) is 6. The maximum Gasteiger partial charge on any atom is 0.257 e. The highest BCUT2D eigenvalue weighted by Gasteiger charge is 2.13. The van der Waals surface area contributed by atoms with Gasteiger partial charge in [0.1, 0.15) is 0 Å². The summed E-state index contributed by atoms with van der Waals surface area (Å²) < 4.78 is 11.0. The van der Waals surface area contributed by atoms with Crippen LogP contribution in [-0.2, 0) is 9.59 Å². The highest BCUT2D eigenvalue weighted by Crippen LogP contribution is 2.28. The quantitative estimate of drug-likeness (QED) is 0.419. The summed E-state index contributed by atoms with van der Waals surface area (Å²) in [6, 6.07) is 10.6. The maximum atomic E-state index is 12.3. The van der Waals surface area contributed by atoms with Crippen molar-refractivity contribution in [3.05, 3.63) is 53.1 Å². The molecule has 0 spiro atoms. The molecule has 0 aliphatic rings. The molecule has 32 heavy (non-hydrogen) atoms. The number of anilines is 1. The SMILES string of the molecule is CCOc1ccc(C(=O)NCC(=O)NNC(=O)CNc2ccc(C)cc2C)cc1OCC. The van der Waals surface area contributed by atoms with Crippen molar-refractivity contribution in [2.75, 3.05) is 31.6 Å². The minimum atomic E-state index is -0.561. The van der Waals surface area contributed by atoms with E-state index >= 15 is 0 Å². The molecule has 0 radical (unpaired) electrons. The second-order valence-electron chi connectivity index (χ2n) is 6.98. The number of carbonyl (C=O) groups excluding carboxylic acids is 3. The molecule has 2 aromatic rings. The Morgan fingerprint density at radius 1 is 0.812 bits per heavy atom. The maximum absolute atomic E-state index is 12.3. The summed E-state index contributed by atoms with van der Waals surface area (Å²) >= 11 is 0. The summed E-state index contributed by atoms with van der Waals surface area (Å²) in [6.07, 6.45) is 0. The van der Waals surface area contributed by atoms with Crippen molar-refractivity contribution in [2.45, 2.75) is 27.7 Å². The Bertz CT molecular complexity index is 961. The Kier molecular flexibility index (Phi) is 9.34. The van der Waals surface area contributed by atoms with Crippen molar-refractivity contribution in [3.63, 3.8) is 0 Å². The summed E-state index contributed by atoms with van der Waals surface area (Å²) in [5, 5.41) is 5.51. The fourth-order valence-corrected chi connectivity index (χ4v) is 2.87. The highest BCUT2D eigenvalue weighted by atomic mass is 16.5. The molecule has 0 saturated heterocycles. The van der Waals surface area contributed by atoms with Crippen LogP contribution in [0.25, 0.3) is 0 Å². The van der Waals surface area contributed by atoms with E-state index in [1.165, 1.54) is 0 Å². The van der Waals surface area contributed by atoms with Crippen LogP contribution >= 0.6 is 0 Å². The molecule has 172 valence electrons. The molecule has 2 aromatic carbocycles. The molecular formula is C23H30N4O5. The van der Waals surface area contributed by atoms with Crippen LogP contribution in [0, 0.1) is 13.8 Å².